The van der Waals surface area contributed by atoms with E-state index in [-0.39, 0.29) is 31.0 Å². The summed E-state index contributed by atoms with van der Waals surface area (Å²) in [6.07, 6.45) is 0. The van der Waals surface area contributed by atoms with E-state index in [1.165, 1.54) is 21.5 Å². The molecule has 10 aromatic carbocycles. The maximum atomic E-state index is 14.1. The summed E-state index contributed by atoms with van der Waals surface area (Å²) in [6, 6.07) is 66.1. The van der Waals surface area contributed by atoms with Crippen LogP contribution in [0.4, 0.5) is 0 Å². The van der Waals surface area contributed by atoms with Gasteiger partial charge in [0, 0.05) is 46.7 Å². The molecule has 1 aliphatic rings. The molecule has 60 heavy (non-hydrogen) atoms. The fraction of sp³-hybridized carbons (Fsp3) is 0. The molecule has 0 unspecified atom stereocenters. The second kappa shape index (κ2) is 16.4. The van der Waals surface area contributed by atoms with Crippen molar-refractivity contribution in [3.05, 3.63) is 199 Å². The number of phosphoric ester groups is 1. The summed E-state index contributed by atoms with van der Waals surface area (Å²) in [7, 11) is -4.96. The first-order valence-corrected chi connectivity index (χ1v) is 22.2. The number of rotatable bonds is 4. The number of hydrogen-bond acceptors (Lipinski definition) is 4. The molecule has 0 fully saturated rings. The molecule has 11 rings (SSSR count). The zero-order valence-electron chi connectivity index (χ0n) is 32.3. The number of halogens is 1. The van der Waals surface area contributed by atoms with Gasteiger partial charge >= 0.3 is 7.82 Å². The van der Waals surface area contributed by atoms with Crippen LogP contribution in [0, 0.1) is 4.93 Å². The third-order valence-electron chi connectivity index (χ3n) is 11.2. The van der Waals surface area contributed by atoms with E-state index in [0.29, 0.717) is 22.3 Å². The van der Waals surface area contributed by atoms with Gasteiger partial charge in [0.25, 0.3) is 0 Å². The molecule has 0 bridgehead atoms. The molecule has 1 aliphatic heterocycles. The second-order valence-electron chi connectivity index (χ2n) is 14.6. The average Bonchev–Trinajstić information content (AvgIpc) is 3.42. The van der Waals surface area contributed by atoms with Crippen LogP contribution in [0.5, 0.6) is 11.5 Å². The van der Waals surface area contributed by atoms with Gasteiger partial charge in [-0.05, 0) is 101 Å². The van der Waals surface area contributed by atoms with E-state index in [1.54, 1.807) is 0 Å². The van der Waals surface area contributed by atoms with Gasteiger partial charge in [0.15, 0.2) is 0 Å². The number of benzene rings is 10. The molecule has 1 heterocycles. The van der Waals surface area contributed by atoms with Crippen LogP contribution in [0.15, 0.2) is 194 Å². The SMILES string of the molecule is O=P1([O-])Oc2c(-c3ccc(-c4ccc5ccccc5c4)cc3)cc3ccccc3c2-c2c(c(-c3ccc(-c4ccc5ccccc5c4)cc3)cc3ccccc23)O1.[CH2]I.[Zn]. The molecule has 0 saturated carbocycles. The molecule has 0 amide bonds. The number of phosphoric acid groups is 1. The van der Waals surface area contributed by atoms with Gasteiger partial charge in [-0.2, -0.15) is 0 Å². The average molecular weight is 958 g/mol. The van der Waals surface area contributed by atoms with E-state index in [2.05, 4.69) is 102 Å². The fourth-order valence-electron chi connectivity index (χ4n) is 8.44. The molecule has 0 aromatic heterocycles. The Balaban J connectivity index is 0.00000152. The van der Waals surface area contributed by atoms with Crippen LogP contribution in [-0.2, 0) is 24.0 Å². The van der Waals surface area contributed by atoms with Crippen molar-refractivity contribution in [3.8, 4) is 67.1 Å². The molecule has 0 spiro atoms. The maximum Gasteiger partial charge on any atom is 0.372 e. The Labute approximate surface area is 375 Å². The minimum atomic E-state index is -4.96. The molecule has 10 aromatic rings. The van der Waals surface area contributed by atoms with Gasteiger partial charge in [-0.3, -0.25) is 0 Å². The van der Waals surface area contributed by atoms with E-state index in [9.17, 15) is 9.46 Å². The molecule has 0 saturated heterocycles. The Bertz CT molecular complexity index is 3070. The number of hydrogen-bond donors (Lipinski definition) is 0. The minimum Gasteiger partial charge on any atom is -0.736 e. The first-order chi connectivity index (χ1) is 29.0. The zero-order valence-corrected chi connectivity index (χ0v) is 38.4. The second-order valence-corrected chi connectivity index (χ2v) is 15.9. The van der Waals surface area contributed by atoms with Crippen molar-refractivity contribution < 1.29 is 38.0 Å². The van der Waals surface area contributed by atoms with E-state index in [0.717, 1.165) is 54.9 Å². The summed E-state index contributed by atoms with van der Waals surface area (Å²) in [5, 5.41) is 8.36. The third-order valence-corrected chi connectivity index (χ3v) is 12.0. The summed E-state index contributed by atoms with van der Waals surface area (Å²) >= 11 is 1.90. The molecule has 4 nitrogen and oxygen atoms in total. The van der Waals surface area contributed by atoms with E-state index in [4.69, 9.17) is 9.05 Å². The molecular weight excluding hydrogens is 924 g/mol. The fourth-order valence-corrected chi connectivity index (χ4v) is 9.30. The minimum absolute atomic E-state index is 0. The quantitative estimate of drug-likeness (QED) is 0.100. The van der Waals surface area contributed by atoms with Crippen molar-refractivity contribution in [1.29, 1.82) is 0 Å². The Kier molecular flexibility index (Phi) is 10.9. The van der Waals surface area contributed by atoms with Crippen LogP contribution >= 0.6 is 30.4 Å². The van der Waals surface area contributed by atoms with Crippen molar-refractivity contribution in [2.75, 3.05) is 0 Å². The van der Waals surface area contributed by atoms with E-state index < -0.39 is 7.82 Å². The molecule has 285 valence electrons. The van der Waals surface area contributed by atoms with Crippen LogP contribution in [0.1, 0.15) is 0 Å². The van der Waals surface area contributed by atoms with Crippen LogP contribution in [-0.4, -0.2) is 0 Å². The summed E-state index contributed by atoms with van der Waals surface area (Å²) in [5.41, 5.74) is 8.65. The summed E-state index contributed by atoms with van der Waals surface area (Å²) < 4.78 is 26.3. The van der Waals surface area contributed by atoms with Crippen molar-refractivity contribution >= 4 is 73.5 Å². The van der Waals surface area contributed by atoms with Gasteiger partial charge in [-0.25, -0.2) is 4.57 Å². The van der Waals surface area contributed by atoms with Crippen LogP contribution in [0.3, 0.4) is 0 Å². The van der Waals surface area contributed by atoms with E-state index in [1.807, 2.05) is 120 Å². The van der Waals surface area contributed by atoms with Crippen molar-refractivity contribution in [2.45, 2.75) is 0 Å². The first-order valence-electron chi connectivity index (χ1n) is 19.2. The predicted octanol–water partition coefficient (Wildman–Crippen LogP) is 15.1. The Morgan fingerprint density at radius 3 is 1.10 bits per heavy atom. The van der Waals surface area contributed by atoms with Gasteiger partial charge in [0.1, 0.15) is 11.5 Å². The Morgan fingerprint density at radius 2 is 0.700 bits per heavy atom. The molecule has 0 N–H and O–H groups in total. The first kappa shape index (κ1) is 39.8. The predicted molar refractivity (Wildman–Crippen MR) is 252 cm³/mol. The molecule has 1 radical (unpaired) electrons. The standard InChI is InChI=1S/C52H33O4P.CH2I.Zn/c53-57(54)55-51-47(37-23-17-35(18-24-37)41-27-21-33-9-1-3-11-39(33)29-41)31-43-13-5-7-15-45(43)49(51)50-46-16-8-6-14-44(46)32-48(52(50)56-57)38-25-19-36(20-26-38)42-28-22-34-10-2-4-12-40(34)30-42;1-2;/h1-32H,(H,53,54);1H2;/p-1. The molecular formula is C53H34IO4PZn-. The third kappa shape index (κ3) is 7.22. The van der Waals surface area contributed by atoms with Gasteiger partial charge < -0.3 is 13.9 Å². The van der Waals surface area contributed by atoms with Crippen molar-refractivity contribution in [3.63, 3.8) is 0 Å². The summed E-state index contributed by atoms with van der Waals surface area (Å²) in [4.78, 5) is 17.3. The normalized spacial score (nSPS) is 12.6. The summed E-state index contributed by atoms with van der Waals surface area (Å²) in [5.74, 6) is 0.497. The topological polar surface area (TPSA) is 58.6 Å². The van der Waals surface area contributed by atoms with Gasteiger partial charge in [0.05, 0.1) is 0 Å². The molecule has 0 atom stereocenters. The van der Waals surface area contributed by atoms with Gasteiger partial charge in [0.2, 0.25) is 0 Å². The summed E-state index contributed by atoms with van der Waals surface area (Å²) in [6.45, 7) is 0. The van der Waals surface area contributed by atoms with Crippen molar-refractivity contribution in [2.24, 2.45) is 0 Å². The zero-order chi connectivity index (χ0) is 40.1. The van der Waals surface area contributed by atoms with Gasteiger partial charge in [-0.15, -0.1) is 0 Å². The van der Waals surface area contributed by atoms with Crippen molar-refractivity contribution in [1.82, 2.24) is 0 Å². The van der Waals surface area contributed by atoms with Crippen LogP contribution in [0.25, 0.3) is 98.7 Å². The smallest absolute Gasteiger partial charge is 0.372 e. The van der Waals surface area contributed by atoms with E-state index >= 15 is 0 Å². The van der Waals surface area contributed by atoms with Crippen LogP contribution < -0.4 is 13.9 Å². The monoisotopic (exact) mass is 956 g/mol. The molecule has 7 heteroatoms. The molecule has 0 aliphatic carbocycles. The van der Waals surface area contributed by atoms with Crippen LogP contribution in [0.2, 0.25) is 0 Å². The Morgan fingerprint density at radius 1 is 0.383 bits per heavy atom. The largest absolute Gasteiger partial charge is 0.736 e. The van der Waals surface area contributed by atoms with Gasteiger partial charge in [-0.1, -0.05) is 192 Å². The maximum absolute atomic E-state index is 14.1. The Hall–Kier alpha value is -5.62. The number of fused-ring (bicyclic) bond motifs is 9.